The molecule has 0 radical (unpaired) electrons. The Morgan fingerprint density at radius 3 is 2.74 bits per heavy atom. The second-order valence-corrected chi connectivity index (χ2v) is 5.22. The lowest BCUT2D eigenvalue weighted by molar-refractivity contribution is 0.425. The van der Waals surface area contributed by atoms with Gasteiger partial charge in [-0.1, -0.05) is 35.5 Å². The zero-order valence-corrected chi connectivity index (χ0v) is 11.3. The van der Waals surface area contributed by atoms with Crippen molar-refractivity contribution in [3.8, 4) is 10.8 Å². The van der Waals surface area contributed by atoms with Crippen LogP contribution < -0.4 is 5.73 Å². The molecule has 0 bridgehead atoms. The Kier molecular flexibility index (Phi) is 3.05. The fourth-order valence-corrected chi connectivity index (χ4v) is 2.71. The van der Waals surface area contributed by atoms with Gasteiger partial charge in [0.2, 0.25) is 0 Å². The number of nitrogens with zero attached hydrogens (tertiary/aromatic N) is 2. The molecule has 2 N–H and O–H groups in total. The monoisotopic (exact) mass is 271 g/mol. The van der Waals surface area contributed by atoms with Crippen LogP contribution in [-0.4, -0.2) is 10.1 Å². The Hall–Kier alpha value is -2.14. The van der Waals surface area contributed by atoms with Crippen LogP contribution in [0.15, 0.2) is 40.2 Å². The molecule has 2 heterocycles. The number of nitrogen functional groups attached to an aromatic ring is 1. The standard InChI is InChI=1S/C14H13N3OS/c1-9-8-19-13(12(9)15)14-16-11(17-18-14)7-10-5-3-2-4-6-10/h2-6,8H,7,15H2,1H3. The molecule has 1 aromatic carbocycles. The second kappa shape index (κ2) is 4.85. The van der Waals surface area contributed by atoms with Gasteiger partial charge < -0.3 is 10.3 Å². The van der Waals surface area contributed by atoms with Gasteiger partial charge in [0.1, 0.15) is 4.88 Å². The van der Waals surface area contributed by atoms with Crippen LogP contribution in [0.3, 0.4) is 0 Å². The van der Waals surface area contributed by atoms with Crippen molar-refractivity contribution < 1.29 is 4.52 Å². The van der Waals surface area contributed by atoms with Crippen LogP contribution in [0.5, 0.6) is 0 Å². The second-order valence-electron chi connectivity index (χ2n) is 4.34. The van der Waals surface area contributed by atoms with Crippen molar-refractivity contribution in [1.82, 2.24) is 10.1 Å². The maximum atomic E-state index is 5.98. The molecule has 96 valence electrons. The molecule has 5 heteroatoms. The first-order valence-corrected chi connectivity index (χ1v) is 6.82. The summed E-state index contributed by atoms with van der Waals surface area (Å²) in [4.78, 5) is 5.25. The zero-order valence-electron chi connectivity index (χ0n) is 10.5. The lowest BCUT2D eigenvalue weighted by Gasteiger charge is -1.94. The highest BCUT2D eigenvalue weighted by atomic mass is 32.1. The van der Waals surface area contributed by atoms with Crippen molar-refractivity contribution in [1.29, 1.82) is 0 Å². The fourth-order valence-electron chi connectivity index (χ4n) is 1.82. The Labute approximate surface area is 114 Å². The van der Waals surface area contributed by atoms with Crippen LogP contribution >= 0.6 is 11.3 Å². The van der Waals surface area contributed by atoms with Crippen LogP contribution in [0, 0.1) is 6.92 Å². The largest absolute Gasteiger partial charge is 0.397 e. The summed E-state index contributed by atoms with van der Waals surface area (Å²) in [5.41, 5.74) is 8.90. The van der Waals surface area contributed by atoms with Crippen LogP contribution in [0.25, 0.3) is 10.8 Å². The van der Waals surface area contributed by atoms with E-state index >= 15 is 0 Å². The summed E-state index contributed by atoms with van der Waals surface area (Å²) in [5.74, 6) is 1.17. The summed E-state index contributed by atoms with van der Waals surface area (Å²) >= 11 is 1.53. The summed E-state index contributed by atoms with van der Waals surface area (Å²) in [6, 6.07) is 10.1. The van der Waals surface area contributed by atoms with Gasteiger partial charge in [0.25, 0.3) is 5.89 Å². The average Bonchev–Trinajstić information content (AvgIpc) is 3.00. The van der Waals surface area contributed by atoms with E-state index in [0.717, 1.165) is 21.7 Å². The highest BCUT2D eigenvalue weighted by molar-refractivity contribution is 7.14. The third-order valence-corrected chi connectivity index (χ3v) is 3.99. The summed E-state index contributed by atoms with van der Waals surface area (Å²) < 4.78 is 5.29. The smallest absolute Gasteiger partial charge is 0.270 e. The molecule has 0 aliphatic carbocycles. The van der Waals surface area contributed by atoms with Crippen LogP contribution in [0.4, 0.5) is 5.69 Å². The normalized spacial score (nSPS) is 10.8. The van der Waals surface area contributed by atoms with Gasteiger partial charge in [0.05, 0.1) is 5.69 Å². The molecular weight excluding hydrogens is 258 g/mol. The quantitative estimate of drug-likeness (QED) is 0.794. The molecule has 4 nitrogen and oxygen atoms in total. The number of anilines is 1. The minimum absolute atomic E-state index is 0.501. The van der Waals surface area contributed by atoms with Crippen molar-refractivity contribution in [2.24, 2.45) is 0 Å². The Bertz CT molecular complexity index is 688. The summed E-state index contributed by atoms with van der Waals surface area (Å²) in [6.45, 7) is 1.97. The number of aryl methyl sites for hydroxylation is 1. The molecule has 0 atom stereocenters. The first-order valence-electron chi connectivity index (χ1n) is 5.94. The van der Waals surface area contributed by atoms with E-state index in [1.807, 2.05) is 42.6 Å². The predicted octanol–water partition coefficient (Wildman–Crippen LogP) is 3.28. The highest BCUT2D eigenvalue weighted by Gasteiger charge is 2.15. The number of hydrogen-bond donors (Lipinski definition) is 1. The van der Waals surface area contributed by atoms with Gasteiger partial charge in [0.15, 0.2) is 5.82 Å². The average molecular weight is 271 g/mol. The van der Waals surface area contributed by atoms with Gasteiger partial charge in [-0.2, -0.15) is 4.98 Å². The van der Waals surface area contributed by atoms with Gasteiger partial charge in [-0.05, 0) is 23.4 Å². The van der Waals surface area contributed by atoms with E-state index in [-0.39, 0.29) is 0 Å². The predicted molar refractivity (Wildman–Crippen MR) is 76.0 cm³/mol. The maximum absolute atomic E-state index is 5.98. The van der Waals surface area contributed by atoms with E-state index in [9.17, 15) is 0 Å². The van der Waals surface area contributed by atoms with Crippen LogP contribution in [0.1, 0.15) is 17.0 Å². The van der Waals surface area contributed by atoms with Gasteiger partial charge in [-0.3, -0.25) is 0 Å². The van der Waals surface area contributed by atoms with E-state index in [1.54, 1.807) is 0 Å². The molecule has 0 amide bonds. The molecule has 0 fully saturated rings. The molecule has 0 aliphatic heterocycles. The third-order valence-electron chi connectivity index (χ3n) is 2.89. The number of hydrogen-bond acceptors (Lipinski definition) is 5. The Balaban J connectivity index is 1.86. The number of rotatable bonds is 3. The molecular formula is C14H13N3OS. The Morgan fingerprint density at radius 2 is 2.05 bits per heavy atom. The molecule has 0 aliphatic rings. The minimum Gasteiger partial charge on any atom is -0.397 e. The third kappa shape index (κ3) is 2.37. The highest BCUT2D eigenvalue weighted by Crippen LogP contribution is 2.33. The van der Waals surface area contributed by atoms with Crippen molar-refractivity contribution in [2.45, 2.75) is 13.3 Å². The number of benzene rings is 1. The van der Waals surface area contributed by atoms with Gasteiger partial charge >= 0.3 is 0 Å². The first-order chi connectivity index (χ1) is 9.24. The molecule has 2 aromatic heterocycles. The molecule has 0 saturated heterocycles. The lowest BCUT2D eigenvalue weighted by Crippen LogP contribution is -1.90. The fraction of sp³-hybridized carbons (Fsp3) is 0.143. The molecule has 0 spiro atoms. The lowest BCUT2D eigenvalue weighted by atomic mass is 10.1. The van der Waals surface area contributed by atoms with Crippen LogP contribution in [0.2, 0.25) is 0 Å². The van der Waals surface area contributed by atoms with Crippen molar-refractivity contribution in [3.63, 3.8) is 0 Å². The zero-order chi connectivity index (χ0) is 13.2. The van der Waals surface area contributed by atoms with E-state index < -0.39 is 0 Å². The van der Waals surface area contributed by atoms with E-state index in [0.29, 0.717) is 18.1 Å². The summed E-state index contributed by atoms with van der Waals surface area (Å²) in [7, 11) is 0. The summed E-state index contributed by atoms with van der Waals surface area (Å²) in [5, 5.41) is 6.00. The minimum atomic E-state index is 0.501. The molecule has 3 rings (SSSR count). The first kappa shape index (κ1) is 11.9. The summed E-state index contributed by atoms with van der Waals surface area (Å²) in [6.07, 6.45) is 0.661. The van der Waals surface area contributed by atoms with Gasteiger partial charge in [0, 0.05) is 6.42 Å². The molecule has 0 unspecified atom stereocenters. The van der Waals surface area contributed by atoms with Crippen molar-refractivity contribution in [3.05, 3.63) is 52.7 Å². The van der Waals surface area contributed by atoms with E-state index in [1.165, 1.54) is 11.3 Å². The Morgan fingerprint density at radius 1 is 1.26 bits per heavy atom. The number of thiophene rings is 1. The van der Waals surface area contributed by atoms with Crippen molar-refractivity contribution in [2.75, 3.05) is 5.73 Å². The van der Waals surface area contributed by atoms with Crippen LogP contribution in [-0.2, 0) is 6.42 Å². The van der Waals surface area contributed by atoms with E-state index in [4.69, 9.17) is 10.3 Å². The maximum Gasteiger partial charge on any atom is 0.270 e. The molecule has 0 saturated carbocycles. The SMILES string of the molecule is Cc1csc(-c2nc(Cc3ccccc3)no2)c1N. The van der Waals surface area contributed by atoms with Gasteiger partial charge in [-0.15, -0.1) is 11.3 Å². The van der Waals surface area contributed by atoms with Gasteiger partial charge in [-0.25, -0.2) is 0 Å². The van der Waals surface area contributed by atoms with Crippen molar-refractivity contribution >= 4 is 17.0 Å². The number of nitrogens with two attached hydrogens (primary N) is 1. The molecule has 19 heavy (non-hydrogen) atoms. The topological polar surface area (TPSA) is 64.9 Å². The molecule has 3 aromatic rings. The van der Waals surface area contributed by atoms with E-state index in [2.05, 4.69) is 10.1 Å². The number of aromatic nitrogens is 2.